The van der Waals surface area contributed by atoms with E-state index in [2.05, 4.69) is 30.0 Å². The highest BCUT2D eigenvalue weighted by Crippen LogP contribution is 2.40. The number of benzene rings is 2. The minimum atomic E-state index is 0.0408. The maximum absolute atomic E-state index is 7.78. The first-order chi connectivity index (χ1) is 9.58. The molecule has 2 aromatic carbocycles. The number of para-hydroxylation sites is 1. The lowest BCUT2D eigenvalue weighted by molar-refractivity contribution is 0.758. The number of fused-ring (bicyclic) bond motifs is 1. The van der Waals surface area contributed by atoms with Crippen molar-refractivity contribution in [3.63, 3.8) is 0 Å². The predicted octanol–water partition coefficient (Wildman–Crippen LogP) is 3.71. The zero-order valence-corrected chi connectivity index (χ0v) is 12.0. The fraction of sp³-hybridized carbons (Fsp3) is 0.188. The number of nitrogens with two attached hydrogens (primary N) is 1. The third kappa shape index (κ3) is 2.04. The Kier molecular flexibility index (Phi) is 3.14. The van der Waals surface area contributed by atoms with Crippen LogP contribution in [0.5, 0.6) is 0 Å². The molecule has 0 saturated carbocycles. The van der Waals surface area contributed by atoms with Gasteiger partial charge in [-0.05, 0) is 43.2 Å². The Morgan fingerprint density at radius 2 is 2.00 bits per heavy atom. The molecule has 20 heavy (non-hydrogen) atoms. The highest BCUT2D eigenvalue weighted by atomic mass is 35.5. The first-order valence-corrected chi connectivity index (χ1v) is 6.97. The maximum Gasteiger partial charge on any atom is 0.124 e. The largest absolute Gasteiger partial charge is 0.384 e. The number of rotatable bonds is 2. The summed E-state index contributed by atoms with van der Waals surface area (Å²) < 4.78 is 0. The summed E-state index contributed by atoms with van der Waals surface area (Å²) in [5.74, 6) is 0.0408. The Morgan fingerprint density at radius 1 is 1.25 bits per heavy atom. The van der Waals surface area contributed by atoms with Crippen LogP contribution in [-0.4, -0.2) is 11.9 Å². The minimum Gasteiger partial charge on any atom is -0.384 e. The second-order valence-corrected chi connectivity index (χ2v) is 5.56. The Labute approximate surface area is 123 Å². The smallest absolute Gasteiger partial charge is 0.124 e. The Morgan fingerprint density at radius 3 is 2.75 bits per heavy atom. The molecular weight excluding hydrogens is 270 g/mol. The summed E-state index contributed by atoms with van der Waals surface area (Å²) in [6, 6.07) is 14.2. The van der Waals surface area contributed by atoms with Crippen LogP contribution in [0.1, 0.15) is 18.1 Å². The van der Waals surface area contributed by atoms with Crippen molar-refractivity contribution in [3.8, 4) is 0 Å². The number of amidine groups is 1. The summed E-state index contributed by atoms with van der Waals surface area (Å²) in [6.45, 7) is 2.18. The van der Waals surface area contributed by atoms with Crippen LogP contribution in [0.25, 0.3) is 0 Å². The van der Waals surface area contributed by atoms with Gasteiger partial charge in [0.1, 0.15) is 5.84 Å². The lowest BCUT2D eigenvalue weighted by Crippen LogP contribution is -2.27. The SMILES string of the molecule is CC1Cc2ccccc2N1c1ccc(Cl)cc1C(=N)N. The number of hydrogen-bond donors (Lipinski definition) is 2. The van der Waals surface area contributed by atoms with Crippen molar-refractivity contribution in [1.82, 2.24) is 0 Å². The summed E-state index contributed by atoms with van der Waals surface area (Å²) >= 11 is 6.03. The molecular formula is C16H16ClN3. The van der Waals surface area contributed by atoms with E-state index in [0.29, 0.717) is 16.6 Å². The Hall–Kier alpha value is -2.00. The van der Waals surface area contributed by atoms with Crippen molar-refractivity contribution in [3.05, 3.63) is 58.6 Å². The van der Waals surface area contributed by atoms with Crippen LogP contribution in [0.15, 0.2) is 42.5 Å². The number of halogens is 1. The van der Waals surface area contributed by atoms with Gasteiger partial charge < -0.3 is 10.6 Å². The molecule has 1 aliphatic heterocycles. The van der Waals surface area contributed by atoms with Gasteiger partial charge in [0.15, 0.2) is 0 Å². The topological polar surface area (TPSA) is 53.1 Å². The summed E-state index contributed by atoms with van der Waals surface area (Å²) in [5, 5.41) is 8.38. The number of nitrogens with zero attached hydrogens (tertiary/aromatic N) is 1. The molecule has 3 rings (SSSR count). The van der Waals surface area contributed by atoms with E-state index in [1.807, 2.05) is 18.2 Å². The molecule has 1 aliphatic rings. The van der Waals surface area contributed by atoms with Gasteiger partial charge in [0, 0.05) is 22.3 Å². The normalized spacial score (nSPS) is 17.1. The van der Waals surface area contributed by atoms with Crippen molar-refractivity contribution in [2.24, 2.45) is 5.73 Å². The Bertz CT molecular complexity index is 681. The highest BCUT2D eigenvalue weighted by Gasteiger charge is 2.28. The van der Waals surface area contributed by atoms with E-state index in [1.165, 1.54) is 11.3 Å². The summed E-state index contributed by atoms with van der Waals surface area (Å²) in [6.07, 6.45) is 0.996. The molecule has 0 amide bonds. The second-order valence-electron chi connectivity index (χ2n) is 5.13. The predicted molar refractivity (Wildman–Crippen MR) is 84.2 cm³/mol. The van der Waals surface area contributed by atoms with Crippen LogP contribution >= 0.6 is 11.6 Å². The van der Waals surface area contributed by atoms with Crippen LogP contribution in [0.2, 0.25) is 5.02 Å². The third-order valence-electron chi connectivity index (χ3n) is 3.72. The molecule has 102 valence electrons. The molecule has 0 bridgehead atoms. The quantitative estimate of drug-likeness (QED) is 0.653. The average molecular weight is 286 g/mol. The number of nitrogen functional groups attached to an aromatic ring is 1. The second kappa shape index (κ2) is 4.84. The van der Waals surface area contributed by atoms with E-state index in [1.54, 1.807) is 6.07 Å². The van der Waals surface area contributed by atoms with E-state index >= 15 is 0 Å². The molecule has 0 radical (unpaired) electrons. The molecule has 1 atom stereocenters. The molecule has 3 nitrogen and oxygen atoms in total. The highest BCUT2D eigenvalue weighted by molar-refractivity contribution is 6.31. The van der Waals surface area contributed by atoms with Gasteiger partial charge in [0.25, 0.3) is 0 Å². The van der Waals surface area contributed by atoms with Crippen LogP contribution in [-0.2, 0) is 6.42 Å². The standard InChI is InChI=1S/C16H16ClN3/c1-10-8-11-4-2-3-5-14(11)20(10)15-7-6-12(17)9-13(15)16(18)19/h2-7,9-10H,8H2,1H3,(H3,18,19). The lowest BCUT2D eigenvalue weighted by Gasteiger charge is -2.27. The fourth-order valence-electron chi connectivity index (χ4n) is 2.87. The molecule has 0 spiro atoms. The van der Waals surface area contributed by atoms with Gasteiger partial charge in [0.2, 0.25) is 0 Å². The molecule has 1 heterocycles. The monoisotopic (exact) mass is 285 g/mol. The molecule has 0 saturated heterocycles. The van der Waals surface area contributed by atoms with E-state index in [0.717, 1.165) is 12.1 Å². The van der Waals surface area contributed by atoms with Gasteiger partial charge in [-0.25, -0.2) is 0 Å². The van der Waals surface area contributed by atoms with Crippen molar-refractivity contribution in [1.29, 1.82) is 5.41 Å². The number of anilines is 2. The molecule has 0 fully saturated rings. The molecule has 0 aromatic heterocycles. The summed E-state index contributed by atoms with van der Waals surface area (Å²) in [4.78, 5) is 2.24. The van der Waals surface area contributed by atoms with Crippen LogP contribution in [0.4, 0.5) is 11.4 Å². The maximum atomic E-state index is 7.78. The van der Waals surface area contributed by atoms with E-state index in [9.17, 15) is 0 Å². The van der Waals surface area contributed by atoms with Gasteiger partial charge in [-0.2, -0.15) is 0 Å². The zero-order chi connectivity index (χ0) is 14.3. The van der Waals surface area contributed by atoms with Crippen LogP contribution in [0.3, 0.4) is 0 Å². The van der Waals surface area contributed by atoms with Gasteiger partial charge in [0.05, 0.1) is 5.69 Å². The minimum absolute atomic E-state index is 0.0408. The average Bonchev–Trinajstić information content (AvgIpc) is 2.74. The van der Waals surface area contributed by atoms with Crippen LogP contribution < -0.4 is 10.6 Å². The fourth-order valence-corrected chi connectivity index (χ4v) is 3.04. The first-order valence-electron chi connectivity index (χ1n) is 6.59. The molecule has 0 aliphatic carbocycles. The molecule has 4 heteroatoms. The number of nitrogens with one attached hydrogen (secondary N) is 1. The van der Waals surface area contributed by atoms with Gasteiger partial charge in [-0.1, -0.05) is 29.8 Å². The molecule has 2 aromatic rings. The van der Waals surface area contributed by atoms with E-state index < -0.39 is 0 Å². The van der Waals surface area contributed by atoms with Crippen molar-refractivity contribution >= 4 is 28.8 Å². The van der Waals surface area contributed by atoms with Crippen molar-refractivity contribution < 1.29 is 0 Å². The van der Waals surface area contributed by atoms with Gasteiger partial charge in [-0.15, -0.1) is 0 Å². The van der Waals surface area contributed by atoms with Crippen molar-refractivity contribution in [2.75, 3.05) is 4.90 Å². The van der Waals surface area contributed by atoms with Crippen LogP contribution in [0, 0.1) is 5.41 Å². The van der Waals surface area contributed by atoms with Gasteiger partial charge >= 0.3 is 0 Å². The van der Waals surface area contributed by atoms with Crippen molar-refractivity contribution in [2.45, 2.75) is 19.4 Å². The molecule has 3 N–H and O–H groups in total. The summed E-state index contributed by atoms with van der Waals surface area (Å²) in [5.41, 5.74) is 9.85. The van der Waals surface area contributed by atoms with E-state index in [-0.39, 0.29) is 5.84 Å². The van der Waals surface area contributed by atoms with Gasteiger partial charge in [-0.3, -0.25) is 5.41 Å². The first kappa shape index (κ1) is 13.0. The lowest BCUT2D eigenvalue weighted by atomic mass is 10.1. The molecule has 1 unspecified atom stereocenters. The number of hydrogen-bond acceptors (Lipinski definition) is 2. The van der Waals surface area contributed by atoms with E-state index in [4.69, 9.17) is 22.7 Å². The summed E-state index contributed by atoms with van der Waals surface area (Å²) in [7, 11) is 0. The third-order valence-corrected chi connectivity index (χ3v) is 3.95. The zero-order valence-electron chi connectivity index (χ0n) is 11.2. The Balaban J connectivity index is 2.17.